The van der Waals surface area contributed by atoms with Crippen LogP contribution < -0.4 is 16.0 Å². The first-order valence-corrected chi connectivity index (χ1v) is 7.50. The molecule has 0 saturated carbocycles. The van der Waals surface area contributed by atoms with Crippen molar-refractivity contribution >= 4 is 29.0 Å². The Bertz CT molecular complexity index is 740. The van der Waals surface area contributed by atoms with Gasteiger partial charge in [0.1, 0.15) is 11.9 Å². The predicted molar refractivity (Wildman–Crippen MR) is 84.3 cm³/mol. The Morgan fingerprint density at radius 3 is 2.83 bits per heavy atom. The van der Waals surface area contributed by atoms with Crippen LogP contribution >= 0.6 is 11.3 Å². The zero-order chi connectivity index (χ0) is 16.7. The molecule has 0 bridgehead atoms. The summed E-state index contributed by atoms with van der Waals surface area (Å²) in [5.41, 5.74) is 0.293. The maximum absolute atomic E-state index is 13.2. The zero-order valence-electron chi connectivity index (χ0n) is 11.9. The third kappa shape index (κ3) is 5.09. The van der Waals surface area contributed by atoms with Gasteiger partial charge in [0, 0.05) is 10.6 Å². The molecule has 0 unspecified atom stereocenters. The van der Waals surface area contributed by atoms with Crippen molar-refractivity contribution in [2.24, 2.45) is 0 Å². The number of amides is 3. The molecule has 0 aliphatic carbocycles. The Labute approximate surface area is 135 Å². The molecule has 3 N–H and O–H groups in total. The molecule has 0 spiro atoms. The van der Waals surface area contributed by atoms with Gasteiger partial charge in [-0.25, -0.2) is 9.18 Å². The molecular formula is C15H13FN4O2S. The summed E-state index contributed by atoms with van der Waals surface area (Å²) in [6, 6.07) is 8.68. The maximum Gasteiger partial charge on any atom is 0.321 e. The lowest BCUT2D eigenvalue weighted by Crippen LogP contribution is -2.41. The van der Waals surface area contributed by atoms with E-state index in [-0.39, 0.29) is 12.1 Å². The molecule has 1 aromatic heterocycles. The van der Waals surface area contributed by atoms with Gasteiger partial charge in [-0.1, -0.05) is 6.07 Å². The number of hydrogen-bond donors (Lipinski definition) is 3. The summed E-state index contributed by atoms with van der Waals surface area (Å²) in [6.45, 7) is 0.163. The molecule has 8 heteroatoms. The number of benzene rings is 1. The Hall–Kier alpha value is -2.92. The second kappa shape index (κ2) is 7.91. The van der Waals surface area contributed by atoms with Crippen molar-refractivity contribution in [2.45, 2.75) is 6.54 Å². The van der Waals surface area contributed by atoms with E-state index in [1.165, 1.54) is 23.5 Å². The molecule has 0 saturated heterocycles. The van der Waals surface area contributed by atoms with Gasteiger partial charge in [0.2, 0.25) is 5.91 Å². The van der Waals surface area contributed by atoms with Gasteiger partial charge in [-0.15, -0.1) is 11.3 Å². The molecule has 2 rings (SSSR count). The number of nitrogens with one attached hydrogen (secondary N) is 3. The normalized spacial score (nSPS) is 9.74. The van der Waals surface area contributed by atoms with Gasteiger partial charge in [-0.2, -0.15) is 5.26 Å². The van der Waals surface area contributed by atoms with Crippen LogP contribution in [0.25, 0.3) is 0 Å². The number of nitriles is 1. The number of carbonyl (C=O) groups is 2. The zero-order valence-corrected chi connectivity index (χ0v) is 12.7. The molecule has 2 aromatic rings. The minimum atomic E-state index is -0.629. The van der Waals surface area contributed by atoms with Crippen LogP contribution in [0.5, 0.6) is 0 Å². The summed E-state index contributed by atoms with van der Waals surface area (Å²) in [5, 5.41) is 18.1. The van der Waals surface area contributed by atoms with E-state index in [0.717, 1.165) is 10.9 Å². The minimum Gasteiger partial charge on any atom is -0.376 e. The number of urea groups is 1. The van der Waals surface area contributed by atoms with Crippen LogP contribution in [0.15, 0.2) is 35.7 Å². The van der Waals surface area contributed by atoms with E-state index in [1.54, 1.807) is 6.07 Å². The number of carbonyl (C=O) groups excluding carboxylic acids is 2. The molecule has 0 atom stereocenters. The lowest BCUT2D eigenvalue weighted by molar-refractivity contribution is -0.118. The molecule has 23 heavy (non-hydrogen) atoms. The van der Waals surface area contributed by atoms with Crippen LogP contribution in [-0.4, -0.2) is 18.5 Å². The fourth-order valence-electron chi connectivity index (χ4n) is 1.70. The largest absolute Gasteiger partial charge is 0.376 e. The van der Waals surface area contributed by atoms with E-state index >= 15 is 0 Å². The van der Waals surface area contributed by atoms with Crippen molar-refractivity contribution in [3.63, 3.8) is 0 Å². The third-order valence-electron chi connectivity index (χ3n) is 2.80. The summed E-state index contributed by atoms with van der Waals surface area (Å²) in [7, 11) is 0. The molecule has 1 heterocycles. The van der Waals surface area contributed by atoms with Gasteiger partial charge in [-0.05, 0) is 29.6 Å². The van der Waals surface area contributed by atoms with Gasteiger partial charge in [0.15, 0.2) is 0 Å². The Balaban J connectivity index is 1.76. The van der Waals surface area contributed by atoms with Crippen LogP contribution in [0, 0.1) is 17.1 Å². The second-order valence-corrected chi connectivity index (χ2v) is 5.50. The highest BCUT2D eigenvalue weighted by molar-refractivity contribution is 7.09. The topological polar surface area (TPSA) is 94.0 Å². The van der Waals surface area contributed by atoms with E-state index in [4.69, 9.17) is 5.26 Å². The first-order valence-electron chi connectivity index (χ1n) is 6.62. The van der Waals surface area contributed by atoms with Gasteiger partial charge < -0.3 is 10.6 Å². The van der Waals surface area contributed by atoms with E-state index in [9.17, 15) is 14.0 Å². The van der Waals surface area contributed by atoms with Gasteiger partial charge in [-0.3, -0.25) is 10.1 Å². The summed E-state index contributed by atoms with van der Waals surface area (Å²) in [6.07, 6.45) is 0. The minimum absolute atomic E-state index is 0.121. The highest BCUT2D eigenvalue weighted by Gasteiger charge is 2.08. The lowest BCUT2D eigenvalue weighted by atomic mass is 10.2. The predicted octanol–water partition coefficient (Wildman–Crippen LogP) is 2.20. The number of halogens is 1. The number of nitrogens with zero attached hydrogens (tertiary/aromatic N) is 1. The number of thiophene rings is 1. The molecule has 0 aliphatic rings. The second-order valence-electron chi connectivity index (χ2n) is 4.47. The van der Waals surface area contributed by atoms with E-state index in [2.05, 4.69) is 16.0 Å². The van der Waals surface area contributed by atoms with E-state index in [1.807, 2.05) is 17.5 Å². The molecular weight excluding hydrogens is 319 g/mol. The average Bonchev–Trinajstić information content (AvgIpc) is 3.05. The summed E-state index contributed by atoms with van der Waals surface area (Å²) in [4.78, 5) is 24.2. The van der Waals surface area contributed by atoms with Crippen molar-refractivity contribution in [2.75, 3.05) is 11.9 Å². The summed E-state index contributed by atoms with van der Waals surface area (Å²) >= 11 is 1.50. The van der Waals surface area contributed by atoms with Crippen LogP contribution in [0.2, 0.25) is 0 Å². The van der Waals surface area contributed by atoms with Crippen LogP contribution in [0.3, 0.4) is 0 Å². The molecule has 118 valence electrons. The quantitative estimate of drug-likeness (QED) is 0.782. The molecule has 0 aliphatic heterocycles. The SMILES string of the molecule is N#Cc1cc(NCC(=O)NC(=O)NCc2cccs2)ccc1F. The van der Waals surface area contributed by atoms with Crippen molar-refractivity contribution in [3.8, 4) is 6.07 Å². The Kier molecular flexibility index (Phi) is 5.66. The van der Waals surface area contributed by atoms with Gasteiger partial charge >= 0.3 is 6.03 Å². The highest BCUT2D eigenvalue weighted by Crippen LogP contribution is 2.13. The first kappa shape index (κ1) is 16.5. The maximum atomic E-state index is 13.2. The Morgan fingerprint density at radius 2 is 2.13 bits per heavy atom. The fraction of sp³-hybridized carbons (Fsp3) is 0.133. The summed E-state index contributed by atoms with van der Waals surface area (Å²) in [5.74, 6) is -1.17. The van der Waals surface area contributed by atoms with Crippen molar-refractivity contribution < 1.29 is 14.0 Å². The van der Waals surface area contributed by atoms with Gasteiger partial charge in [0.05, 0.1) is 18.7 Å². The molecule has 6 nitrogen and oxygen atoms in total. The smallest absolute Gasteiger partial charge is 0.321 e. The summed E-state index contributed by atoms with van der Waals surface area (Å²) < 4.78 is 13.2. The number of anilines is 1. The van der Waals surface area contributed by atoms with Crippen molar-refractivity contribution in [1.82, 2.24) is 10.6 Å². The molecule has 1 aromatic carbocycles. The van der Waals surface area contributed by atoms with Crippen LogP contribution in [0.1, 0.15) is 10.4 Å². The van der Waals surface area contributed by atoms with Crippen molar-refractivity contribution in [3.05, 3.63) is 52.0 Å². The third-order valence-corrected chi connectivity index (χ3v) is 3.67. The van der Waals surface area contributed by atoms with Crippen LogP contribution in [-0.2, 0) is 11.3 Å². The number of hydrogen-bond acceptors (Lipinski definition) is 5. The molecule has 0 radical (unpaired) electrons. The van der Waals surface area contributed by atoms with Crippen LogP contribution in [0.4, 0.5) is 14.9 Å². The Morgan fingerprint density at radius 1 is 1.30 bits per heavy atom. The van der Waals surface area contributed by atoms with Crippen molar-refractivity contribution in [1.29, 1.82) is 5.26 Å². The van der Waals surface area contributed by atoms with E-state index < -0.39 is 17.8 Å². The monoisotopic (exact) mass is 332 g/mol. The standard InChI is InChI=1S/C15H13FN4O2S/c16-13-4-3-11(6-10(13)7-17)18-9-14(21)20-15(22)19-8-12-2-1-5-23-12/h1-6,18H,8-9H2,(H2,19,20,21,22). The van der Waals surface area contributed by atoms with Gasteiger partial charge in [0.25, 0.3) is 0 Å². The van der Waals surface area contributed by atoms with E-state index in [0.29, 0.717) is 12.2 Å². The number of rotatable bonds is 5. The average molecular weight is 332 g/mol. The fourth-order valence-corrected chi connectivity index (χ4v) is 2.34. The number of imide groups is 1. The molecule has 0 fully saturated rings. The molecule has 3 amide bonds. The lowest BCUT2D eigenvalue weighted by Gasteiger charge is -2.08. The highest BCUT2D eigenvalue weighted by atomic mass is 32.1. The first-order chi connectivity index (χ1) is 11.1.